The van der Waals surface area contributed by atoms with Crippen molar-refractivity contribution in [3.63, 3.8) is 0 Å². The molecular weight excluding hydrogens is 877 g/mol. The normalized spacial score (nSPS) is 13.3. The van der Waals surface area contributed by atoms with Gasteiger partial charge >= 0.3 is 0 Å². The third-order valence-corrected chi connectivity index (χ3v) is 13.2. The van der Waals surface area contributed by atoms with Crippen LogP contribution in [0.3, 0.4) is 0 Å². The molecule has 368 valence electrons. The third kappa shape index (κ3) is 13.0. The Morgan fingerprint density at radius 3 is 1.25 bits per heavy atom. The molecule has 0 aromatic carbocycles. The van der Waals surface area contributed by atoms with E-state index in [1.54, 1.807) is 28.9 Å². The smallest absolute Gasteiger partial charge is 0.246 e. The van der Waals surface area contributed by atoms with Gasteiger partial charge in [-0.15, -0.1) is 22.7 Å². The van der Waals surface area contributed by atoms with Crippen LogP contribution < -0.4 is 0 Å². The number of nitrogens with zero attached hydrogens (tertiary/aromatic N) is 6. The van der Waals surface area contributed by atoms with Crippen molar-refractivity contribution in [2.45, 2.75) is 209 Å². The molecule has 8 aromatic rings. The number of rotatable bonds is 0. The molecule has 68 heavy (non-hydrogen) atoms. The van der Waals surface area contributed by atoms with Crippen LogP contribution in [0.2, 0.25) is 0 Å². The highest BCUT2D eigenvalue weighted by atomic mass is 32.1. The summed E-state index contributed by atoms with van der Waals surface area (Å²) in [4.78, 5) is 29.8. The molecule has 0 N–H and O–H groups in total. The molecule has 0 radical (unpaired) electrons. The highest BCUT2D eigenvalue weighted by molar-refractivity contribution is 7.16. The van der Waals surface area contributed by atoms with Gasteiger partial charge in [0.25, 0.3) is 0 Å². The van der Waals surface area contributed by atoms with Gasteiger partial charge in [-0.3, -0.25) is 0 Å². The summed E-state index contributed by atoms with van der Waals surface area (Å²) in [6.07, 6.45) is 3.16. The van der Waals surface area contributed by atoms with Gasteiger partial charge in [0, 0.05) is 32.4 Å². The van der Waals surface area contributed by atoms with Crippen LogP contribution >= 0.6 is 22.7 Å². The maximum Gasteiger partial charge on any atom is 0.246 e. The third-order valence-electron chi connectivity index (χ3n) is 11.6. The van der Waals surface area contributed by atoms with E-state index in [1.165, 1.54) is 45.4 Å². The van der Waals surface area contributed by atoms with Crippen molar-refractivity contribution in [2.75, 3.05) is 0 Å². The molecule has 10 heteroatoms. The molecule has 0 aliphatic carbocycles. The summed E-state index contributed by atoms with van der Waals surface area (Å²) in [5, 5.41) is 4.48. The molecule has 0 atom stereocenters. The predicted octanol–water partition coefficient (Wildman–Crippen LogP) is 17.4. The van der Waals surface area contributed by atoms with Crippen LogP contribution in [0.15, 0.2) is 68.8 Å². The first kappa shape index (κ1) is 54.4. The Kier molecular flexibility index (Phi) is 15.2. The minimum Gasteiger partial charge on any atom is -0.446 e. The van der Waals surface area contributed by atoms with E-state index in [2.05, 4.69) is 217 Å². The minimum atomic E-state index is 0.00356. The van der Waals surface area contributed by atoms with E-state index in [0.717, 1.165) is 43.2 Å². The maximum atomic E-state index is 5.41. The minimum absolute atomic E-state index is 0.00356. The first-order chi connectivity index (χ1) is 30.8. The molecule has 0 saturated carbocycles. The van der Waals surface area contributed by atoms with E-state index < -0.39 is 0 Å². The molecule has 0 aliphatic rings. The van der Waals surface area contributed by atoms with Crippen molar-refractivity contribution < 1.29 is 8.83 Å². The number of oxazole rings is 1. The first-order valence-electron chi connectivity index (χ1n) is 24.1. The van der Waals surface area contributed by atoms with E-state index in [9.17, 15) is 0 Å². The summed E-state index contributed by atoms with van der Waals surface area (Å²) in [6, 6.07) is 13.0. The lowest BCUT2D eigenvalue weighted by Gasteiger charge is -2.28. The molecule has 8 nitrogen and oxygen atoms in total. The number of thiazole rings is 1. The highest BCUT2D eigenvalue weighted by Crippen LogP contribution is 2.39. The Morgan fingerprint density at radius 1 is 0.368 bits per heavy atom. The van der Waals surface area contributed by atoms with E-state index in [4.69, 9.17) is 23.8 Å². The zero-order valence-corrected chi connectivity index (χ0v) is 47.7. The topological polar surface area (TPSA) is 104 Å². The number of hydrogen-bond donors (Lipinski definition) is 0. The van der Waals surface area contributed by atoms with Crippen LogP contribution in [0.1, 0.15) is 211 Å². The van der Waals surface area contributed by atoms with Crippen LogP contribution in [-0.4, -0.2) is 29.9 Å². The van der Waals surface area contributed by atoms with Gasteiger partial charge in [0.2, 0.25) is 11.4 Å². The molecule has 0 bridgehead atoms. The van der Waals surface area contributed by atoms with Gasteiger partial charge < -0.3 is 8.83 Å². The zero-order valence-electron chi connectivity index (χ0n) is 46.1. The lowest BCUT2D eigenvalue weighted by molar-refractivity contribution is 0.509. The SMILES string of the molecule is CC(C)(C)c1cc2ccoc2nc1C(C)(C)C.CC(C)(C)c1cc2ccsc2nc1C(C)(C)C.CC(C)(C)c1cc2ncoc2nc1C(C)(C)C.CC(C)(C)c1cc2ncsc2nc1C(C)(C)C. The van der Waals surface area contributed by atoms with Gasteiger partial charge in [-0.1, -0.05) is 166 Å². The molecule has 0 saturated heterocycles. The van der Waals surface area contributed by atoms with E-state index in [1.807, 2.05) is 11.6 Å². The quantitative estimate of drug-likeness (QED) is 0.148. The number of furan rings is 1. The molecule has 0 unspecified atom stereocenters. The Labute approximate surface area is 416 Å². The highest BCUT2D eigenvalue weighted by Gasteiger charge is 2.31. The van der Waals surface area contributed by atoms with Gasteiger partial charge in [0.15, 0.2) is 6.39 Å². The lowest BCUT2D eigenvalue weighted by atomic mass is 9.78. The molecular formula is C58H82N6O2S2. The molecule has 8 aromatic heterocycles. The fourth-order valence-electron chi connectivity index (χ4n) is 7.96. The molecule has 0 amide bonds. The number of thiophene rings is 1. The molecule has 0 fully saturated rings. The molecule has 0 aliphatic heterocycles. The van der Waals surface area contributed by atoms with Crippen molar-refractivity contribution >= 4 is 65.6 Å². The second-order valence-electron chi connectivity index (χ2n) is 26.5. The van der Waals surface area contributed by atoms with Gasteiger partial charge in [-0.25, -0.2) is 29.9 Å². The Hall–Kier alpha value is -4.54. The van der Waals surface area contributed by atoms with Gasteiger partial charge in [-0.2, -0.15) is 0 Å². The summed E-state index contributed by atoms with van der Waals surface area (Å²) in [6.45, 7) is 53.2. The predicted molar refractivity (Wildman–Crippen MR) is 292 cm³/mol. The maximum absolute atomic E-state index is 5.41. The van der Waals surface area contributed by atoms with Crippen LogP contribution in [0.25, 0.3) is 42.9 Å². The summed E-state index contributed by atoms with van der Waals surface area (Å²) in [7, 11) is 0. The monoisotopic (exact) mass is 959 g/mol. The second kappa shape index (κ2) is 19.0. The average molecular weight is 959 g/mol. The van der Waals surface area contributed by atoms with Gasteiger partial charge in [0.1, 0.15) is 20.7 Å². The van der Waals surface area contributed by atoms with Crippen LogP contribution in [-0.2, 0) is 43.3 Å². The number of fused-ring (bicyclic) bond motifs is 4. The van der Waals surface area contributed by atoms with Crippen LogP contribution in [0.4, 0.5) is 0 Å². The molecule has 8 heterocycles. The lowest BCUT2D eigenvalue weighted by Crippen LogP contribution is -2.23. The number of hydrogen-bond acceptors (Lipinski definition) is 10. The Bertz CT molecular complexity index is 2380. The van der Waals surface area contributed by atoms with Crippen molar-refractivity contribution in [1.29, 1.82) is 0 Å². The van der Waals surface area contributed by atoms with Crippen molar-refractivity contribution in [2.24, 2.45) is 0 Å². The fraction of sp³-hybridized carbons (Fsp3) is 0.552. The standard InChI is InChI=1S/C15H21NO.C15H21NS.C14H20N2O.C14H20N2S/c2*1-14(2,3)11-9-10-7-8-17-13(10)16-12(11)15(4,5)6;2*1-13(2,3)9-7-10-12(17-8-15-10)16-11(9)14(4,5)6/h2*7-9H,1-6H3;2*7-8H,1-6H3. The summed E-state index contributed by atoms with van der Waals surface area (Å²) in [5.74, 6) is 0. The van der Waals surface area contributed by atoms with E-state index in [0.29, 0.717) is 5.71 Å². The average Bonchev–Trinajstić information content (AvgIpc) is 4.00. The van der Waals surface area contributed by atoms with Gasteiger partial charge in [-0.05, 0) is 85.7 Å². The summed E-state index contributed by atoms with van der Waals surface area (Å²) >= 11 is 3.34. The largest absolute Gasteiger partial charge is 0.446 e. The summed E-state index contributed by atoms with van der Waals surface area (Å²) < 4.78 is 10.7. The first-order valence-corrected chi connectivity index (χ1v) is 25.8. The number of aromatic nitrogens is 6. The Balaban J connectivity index is 0.000000169. The second-order valence-corrected chi connectivity index (χ2v) is 28.2. The van der Waals surface area contributed by atoms with E-state index >= 15 is 0 Å². The number of pyridine rings is 4. The van der Waals surface area contributed by atoms with Crippen LogP contribution in [0, 0.1) is 0 Å². The van der Waals surface area contributed by atoms with Crippen molar-refractivity contribution in [3.05, 3.63) is 105 Å². The Morgan fingerprint density at radius 2 is 0.779 bits per heavy atom. The summed E-state index contributed by atoms with van der Waals surface area (Å²) in [5.41, 5.74) is 15.6. The fourth-order valence-corrected chi connectivity index (χ4v) is 9.36. The molecule has 8 rings (SSSR count). The van der Waals surface area contributed by atoms with Crippen molar-refractivity contribution in [3.8, 4) is 0 Å². The molecule has 0 spiro atoms. The zero-order chi connectivity index (χ0) is 51.4. The van der Waals surface area contributed by atoms with Crippen LogP contribution in [0.5, 0.6) is 0 Å². The van der Waals surface area contributed by atoms with Crippen molar-refractivity contribution in [1.82, 2.24) is 29.9 Å². The van der Waals surface area contributed by atoms with E-state index in [-0.39, 0.29) is 43.3 Å². The van der Waals surface area contributed by atoms with Gasteiger partial charge in [0.05, 0.1) is 34.5 Å².